The van der Waals surface area contributed by atoms with Gasteiger partial charge in [0.15, 0.2) is 0 Å². The summed E-state index contributed by atoms with van der Waals surface area (Å²) in [7, 11) is 0. The Morgan fingerprint density at radius 1 is 1.41 bits per heavy atom. The van der Waals surface area contributed by atoms with Crippen molar-refractivity contribution in [3.8, 4) is 0 Å². The van der Waals surface area contributed by atoms with Gasteiger partial charge in [-0.3, -0.25) is 0 Å². The van der Waals surface area contributed by atoms with Crippen molar-refractivity contribution in [2.45, 2.75) is 39.5 Å². The highest BCUT2D eigenvalue weighted by Crippen LogP contribution is 2.38. The van der Waals surface area contributed by atoms with Crippen molar-refractivity contribution in [2.75, 3.05) is 6.54 Å². The zero-order chi connectivity index (χ0) is 12.3. The van der Waals surface area contributed by atoms with E-state index in [4.69, 9.17) is 5.73 Å². The summed E-state index contributed by atoms with van der Waals surface area (Å²) in [5, 5.41) is 3.37. The van der Waals surface area contributed by atoms with Crippen LogP contribution in [0.5, 0.6) is 0 Å². The smallest absolute Gasteiger partial charge is 0.0927 e. The fourth-order valence-corrected chi connectivity index (χ4v) is 3.82. The molecule has 2 N–H and O–H groups in total. The molecule has 1 aliphatic carbocycles. The normalized spacial score (nSPS) is 29.8. The van der Waals surface area contributed by atoms with Crippen molar-refractivity contribution in [3.63, 3.8) is 0 Å². The Hall–Kier alpha value is -0.410. The van der Waals surface area contributed by atoms with Crippen molar-refractivity contribution < 1.29 is 0 Å². The molecule has 0 aromatic carbocycles. The maximum absolute atomic E-state index is 5.93. The van der Waals surface area contributed by atoms with Crippen LogP contribution in [-0.4, -0.2) is 11.5 Å². The van der Waals surface area contributed by atoms with Gasteiger partial charge in [0.25, 0.3) is 0 Å². The predicted octanol–water partition coefficient (Wildman–Crippen LogP) is 3.33. The molecule has 0 amide bonds. The first-order valence-electron chi connectivity index (χ1n) is 6.79. The van der Waals surface area contributed by atoms with Crippen LogP contribution in [-0.2, 0) is 6.42 Å². The standard InChI is InChI=1S/C14H24N2S/c1-10(2)11-3-4-12(9-15)13(7-11)8-14-16-5-6-17-14/h5-6,10-13H,3-4,7-9,15H2,1-2H3. The topological polar surface area (TPSA) is 38.9 Å². The van der Waals surface area contributed by atoms with E-state index in [1.165, 1.54) is 24.3 Å². The van der Waals surface area contributed by atoms with Crippen molar-refractivity contribution in [1.82, 2.24) is 4.98 Å². The van der Waals surface area contributed by atoms with E-state index in [2.05, 4.69) is 24.2 Å². The Labute approximate surface area is 109 Å². The minimum atomic E-state index is 0.717. The summed E-state index contributed by atoms with van der Waals surface area (Å²) in [6.45, 7) is 5.56. The lowest BCUT2D eigenvalue weighted by atomic mass is 9.69. The van der Waals surface area contributed by atoms with Gasteiger partial charge in [0.1, 0.15) is 0 Å². The molecule has 0 bridgehead atoms. The molecule has 17 heavy (non-hydrogen) atoms. The van der Waals surface area contributed by atoms with Crippen LogP contribution in [0.3, 0.4) is 0 Å². The molecule has 0 radical (unpaired) electrons. The molecule has 1 aromatic heterocycles. The van der Waals surface area contributed by atoms with Gasteiger partial charge in [0.05, 0.1) is 5.01 Å². The number of hydrogen-bond acceptors (Lipinski definition) is 3. The van der Waals surface area contributed by atoms with Crippen LogP contribution < -0.4 is 5.73 Å². The van der Waals surface area contributed by atoms with E-state index in [9.17, 15) is 0 Å². The first kappa shape index (κ1) is 13.0. The van der Waals surface area contributed by atoms with Crippen molar-refractivity contribution in [3.05, 3.63) is 16.6 Å². The third-order valence-electron chi connectivity index (χ3n) is 4.35. The van der Waals surface area contributed by atoms with Crippen LogP contribution in [0.4, 0.5) is 0 Å². The third kappa shape index (κ3) is 3.29. The molecular weight excluding hydrogens is 228 g/mol. The van der Waals surface area contributed by atoms with Gasteiger partial charge in [-0.15, -0.1) is 11.3 Å². The Morgan fingerprint density at radius 3 is 2.82 bits per heavy atom. The monoisotopic (exact) mass is 252 g/mol. The largest absolute Gasteiger partial charge is 0.330 e. The third-order valence-corrected chi connectivity index (χ3v) is 5.15. The van der Waals surface area contributed by atoms with Crippen molar-refractivity contribution in [2.24, 2.45) is 29.4 Å². The summed E-state index contributed by atoms with van der Waals surface area (Å²) >= 11 is 1.79. The highest BCUT2D eigenvalue weighted by Gasteiger charge is 2.31. The molecule has 1 fully saturated rings. The summed E-state index contributed by atoms with van der Waals surface area (Å²) in [4.78, 5) is 4.43. The van der Waals surface area contributed by atoms with Gasteiger partial charge in [-0.05, 0) is 49.5 Å². The molecule has 2 rings (SSSR count). The van der Waals surface area contributed by atoms with Crippen LogP contribution in [0.15, 0.2) is 11.6 Å². The Kier molecular flexibility index (Phi) is 4.57. The average molecular weight is 252 g/mol. The summed E-state index contributed by atoms with van der Waals surface area (Å²) < 4.78 is 0. The van der Waals surface area contributed by atoms with Crippen LogP contribution in [0, 0.1) is 23.7 Å². The van der Waals surface area contributed by atoms with Gasteiger partial charge >= 0.3 is 0 Å². The summed E-state index contributed by atoms with van der Waals surface area (Å²) in [6, 6.07) is 0. The van der Waals surface area contributed by atoms with Crippen LogP contribution in [0.25, 0.3) is 0 Å². The minimum Gasteiger partial charge on any atom is -0.330 e. The van der Waals surface area contributed by atoms with Gasteiger partial charge in [-0.1, -0.05) is 13.8 Å². The Morgan fingerprint density at radius 2 is 2.24 bits per heavy atom. The highest BCUT2D eigenvalue weighted by molar-refractivity contribution is 7.09. The maximum Gasteiger partial charge on any atom is 0.0927 e. The number of nitrogens with two attached hydrogens (primary N) is 1. The number of aromatic nitrogens is 1. The van der Waals surface area contributed by atoms with Crippen LogP contribution >= 0.6 is 11.3 Å². The summed E-state index contributed by atoms with van der Waals surface area (Å²) in [5.74, 6) is 3.18. The molecule has 1 aromatic rings. The van der Waals surface area contributed by atoms with E-state index >= 15 is 0 Å². The lowest BCUT2D eigenvalue weighted by molar-refractivity contribution is 0.151. The lowest BCUT2D eigenvalue weighted by Gasteiger charge is -2.37. The summed E-state index contributed by atoms with van der Waals surface area (Å²) in [6.07, 6.45) is 7.09. The second kappa shape index (κ2) is 5.96. The first-order chi connectivity index (χ1) is 8.20. The fourth-order valence-electron chi connectivity index (χ4n) is 3.11. The van der Waals surface area contributed by atoms with Gasteiger partial charge in [0.2, 0.25) is 0 Å². The fraction of sp³-hybridized carbons (Fsp3) is 0.786. The maximum atomic E-state index is 5.93. The zero-order valence-electron chi connectivity index (χ0n) is 10.9. The van der Waals surface area contributed by atoms with Crippen molar-refractivity contribution in [1.29, 1.82) is 0 Å². The highest BCUT2D eigenvalue weighted by atomic mass is 32.1. The van der Waals surface area contributed by atoms with E-state index in [0.29, 0.717) is 5.92 Å². The average Bonchev–Trinajstić information content (AvgIpc) is 2.81. The molecular formula is C14H24N2S. The van der Waals surface area contributed by atoms with Gasteiger partial charge in [0, 0.05) is 18.0 Å². The zero-order valence-corrected chi connectivity index (χ0v) is 11.7. The number of thiazole rings is 1. The second-order valence-electron chi connectivity index (χ2n) is 5.70. The van der Waals surface area contributed by atoms with Gasteiger partial charge in [-0.2, -0.15) is 0 Å². The lowest BCUT2D eigenvalue weighted by Crippen LogP contribution is -2.33. The van der Waals surface area contributed by atoms with E-state index in [0.717, 1.165) is 30.7 Å². The van der Waals surface area contributed by atoms with Gasteiger partial charge in [-0.25, -0.2) is 4.98 Å². The quantitative estimate of drug-likeness (QED) is 0.892. The molecule has 2 nitrogen and oxygen atoms in total. The first-order valence-corrected chi connectivity index (χ1v) is 7.67. The SMILES string of the molecule is CC(C)C1CCC(CN)C(Cc2nccs2)C1. The van der Waals surface area contributed by atoms with E-state index in [-0.39, 0.29) is 0 Å². The second-order valence-corrected chi connectivity index (χ2v) is 6.68. The molecule has 3 atom stereocenters. The van der Waals surface area contributed by atoms with E-state index in [1.54, 1.807) is 11.3 Å². The minimum absolute atomic E-state index is 0.717. The molecule has 1 saturated carbocycles. The van der Waals surface area contributed by atoms with Crippen molar-refractivity contribution >= 4 is 11.3 Å². The Balaban J connectivity index is 1.99. The molecule has 1 heterocycles. The molecule has 1 aliphatic rings. The Bertz CT molecular complexity index is 321. The molecule has 3 unspecified atom stereocenters. The van der Waals surface area contributed by atoms with E-state index < -0.39 is 0 Å². The molecule has 3 heteroatoms. The molecule has 96 valence electrons. The van der Waals surface area contributed by atoms with E-state index in [1.807, 2.05) is 6.20 Å². The predicted molar refractivity (Wildman–Crippen MR) is 74.0 cm³/mol. The number of nitrogens with zero attached hydrogens (tertiary/aromatic N) is 1. The number of hydrogen-bond donors (Lipinski definition) is 1. The molecule has 0 saturated heterocycles. The molecule has 0 spiro atoms. The number of rotatable bonds is 4. The van der Waals surface area contributed by atoms with Gasteiger partial charge < -0.3 is 5.73 Å². The molecule has 0 aliphatic heterocycles. The van der Waals surface area contributed by atoms with Crippen LogP contribution in [0.1, 0.15) is 38.1 Å². The van der Waals surface area contributed by atoms with Crippen LogP contribution in [0.2, 0.25) is 0 Å². The summed E-state index contributed by atoms with van der Waals surface area (Å²) in [5.41, 5.74) is 5.93.